The molecule has 3 nitrogen and oxygen atoms in total. The first-order chi connectivity index (χ1) is 31.7. The van der Waals surface area contributed by atoms with Gasteiger partial charge in [-0.3, -0.25) is 0 Å². The lowest BCUT2D eigenvalue weighted by atomic mass is 9.70. The highest BCUT2D eigenvalue weighted by Gasteiger charge is 2.51. The molecule has 0 fully saturated rings. The van der Waals surface area contributed by atoms with E-state index in [1.54, 1.807) is 0 Å². The van der Waals surface area contributed by atoms with Gasteiger partial charge in [0.1, 0.15) is 22.3 Å². The van der Waals surface area contributed by atoms with Crippen LogP contribution < -0.4 is 4.90 Å². The molecule has 0 atom stereocenters. The molecular weight excluding hydrogens is 779 g/mol. The number of hydrogen-bond donors (Lipinski definition) is 0. The van der Waals surface area contributed by atoms with E-state index in [-0.39, 0.29) is 0 Å². The zero-order chi connectivity index (χ0) is 41.9. The molecule has 0 aliphatic heterocycles. The van der Waals surface area contributed by atoms with Crippen molar-refractivity contribution in [1.82, 2.24) is 0 Å². The van der Waals surface area contributed by atoms with Crippen LogP contribution in [0.5, 0.6) is 0 Å². The Bertz CT molecular complexity index is 3790. The lowest BCUT2D eigenvalue weighted by molar-refractivity contribution is 0.664. The normalized spacial score (nSPS) is 13.1. The van der Waals surface area contributed by atoms with Gasteiger partial charge >= 0.3 is 0 Å². The fourth-order valence-electron chi connectivity index (χ4n) is 11.2. The summed E-state index contributed by atoms with van der Waals surface area (Å²) >= 11 is 0. The molecule has 3 heteroatoms. The number of fused-ring (bicyclic) bond motifs is 16. The molecule has 2 heterocycles. The molecule has 0 N–H and O–H groups in total. The number of furan rings is 2. The summed E-state index contributed by atoms with van der Waals surface area (Å²) in [6.45, 7) is 0. The summed E-state index contributed by atoms with van der Waals surface area (Å²) in [6, 6.07) is 81.4. The summed E-state index contributed by atoms with van der Waals surface area (Å²) in [4.78, 5) is 2.42. The van der Waals surface area contributed by atoms with Gasteiger partial charge < -0.3 is 13.7 Å². The first-order valence-corrected chi connectivity index (χ1v) is 22.0. The molecule has 0 saturated carbocycles. The number of nitrogens with zero attached hydrogens (tertiary/aromatic N) is 1. The molecule has 12 aromatic rings. The molecule has 0 bridgehead atoms. The number of para-hydroxylation sites is 1. The van der Waals surface area contributed by atoms with Crippen LogP contribution in [-0.4, -0.2) is 0 Å². The Hall–Kier alpha value is -8.40. The Labute approximate surface area is 369 Å². The van der Waals surface area contributed by atoms with E-state index in [0.29, 0.717) is 0 Å². The maximum Gasteiger partial charge on any atom is 0.144 e. The van der Waals surface area contributed by atoms with Crippen LogP contribution in [-0.2, 0) is 5.41 Å². The van der Waals surface area contributed by atoms with Crippen LogP contribution in [0.1, 0.15) is 22.3 Å². The molecule has 1 spiro atoms. The first-order valence-electron chi connectivity index (χ1n) is 22.0. The second-order valence-corrected chi connectivity index (χ2v) is 17.1. The highest BCUT2D eigenvalue weighted by atomic mass is 16.3. The van der Waals surface area contributed by atoms with Gasteiger partial charge in [0.25, 0.3) is 0 Å². The Balaban J connectivity index is 1.04. The van der Waals surface area contributed by atoms with Crippen molar-refractivity contribution in [2.75, 3.05) is 4.90 Å². The highest BCUT2D eigenvalue weighted by Crippen LogP contribution is 2.63. The molecule has 0 saturated heterocycles. The monoisotopic (exact) mass is 815 g/mol. The van der Waals surface area contributed by atoms with Gasteiger partial charge in [0, 0.05) is 44.2 Å². The van der Waals surface area contributed by atoms with E-state index < -0.39 is 5.41 Å². The zero-order valence-corrected chi connectivity index (χ0v) is 34.6. The highest BCUT2D eigenvalue weighted by molar-refractivity contribution is 6.23. The lowest BCUT2D eigenvalue weighted by Gasteiger charge is -2.32. The smallest absolute Gasteiger partial charge is 0.144 e. The number of anilines is 3. The summed E-state index contributed by atoms with van der Waals surface area (Å²) in [7, 11) is 0. The predicted octanol–water partition coefficient (Wildman–Crippen LogP) is 16.6. The molecule has 298 valence electrons. The fourth-order valence-corrected chi connectivity index (χ4v) is 11.2. The van der Waals surface area contributed by atoms with Gasteiger partial charge in [-0.05, 0) is 116 Å². The third kappa shape index (κ3) is 4.81. The SMILES string of the molecule is c1ccc(-c2cccc(N(c3ccc4c(c3)C3(c5ccccc5-c5ccccc53)c3ccccc3-4)c3ccc4oc5c(-c6ccccc6)c6c(cc5c4c3)oc3ccccc36)c2)cc1. The van der Waals surface area contributed by atoms with Crippen LogP contribution in [0.2, 0.25) is 0 Å². The van der Waals surface area contributed by atoms with Gasteiger partial charge in [0.15, 0.2) is 0 Å². The number of benzene rings is 10. The molecule has 2 aliphatic carbocycles. The molecule has 2 aliphatic rings. The average molecular weight is 816 g/mol. The van der Waals surface area contributed by atoms with Gasteiger partial charge in [-0.15, -0.1) is 0 Å². The van der Waals surface area contributed by atoms with Crippen molar-refractivity contribution in [2.45, 2.75) is 5.41 Å². The maximum atomic E-state index is 6.95. The van der Waals surface area contributed by atoms with E-state index in [0.717, 1.165) is 77.6 Å². The minimum Gasteiger partial charge on any atom is -0.456 e. The van der Waals surface area contributed by atoms with E-state index in [4.69, 9.17) is 8.83 Å². The predicted molar refractivity (Wildman–Crippen MR) is 263 cm³/mol. The van der Waals surface area contributed by atoms with Crippen molar-refractivity contribution in [2.24, 2.45) is 0 Å². The summed E-state index contributed by atoms with van der Waals surface area (Å²) in [5, 5.41) is 4.19. The van der Waals surface area contributed by atoms with Gasteiger partial charge in [-0.25, -0.2) is 0 Å². The quantitative estimate of drug-likeness (QED) is 0.173. The second-order valence-electron chi connectivity index (χ2n) is 17.1. The molecular formula is C61H37NO2. The van der Waals surface area contributed by atoms with Crippen molar-refractivity contribution in [3.63, 3.8) is 0 Å². The van der Waals surface area contributed by atoms with Gasteiger partial charge in [-0.1, -0.05) is 170 Å². The van der Waals surface area contributed by atoms with E-state index >= 15 is 0 Å². The van der Waals surface area contributed by atoms with Crippen LogP contribution >= 0.6 is 0 Å². The topological polar surface area (TPSA) is 29.5 Å². The maximum absolute atomic E-state index is 6.95. The van der Waals surface area contributed by atoms with Crippen molar-refractivity contribution in [3.05, 3.63) is 247 Å². The molecule has 14 rings (SSSR count). The molecule has 2 aromatic heterocycles. The largest absolute Gasteiger partial charge is 0.456 e. The standard InChI is InChI=1S/C61H37NO2/c1-3-16-38(17-4-1)40-20-15-21-41(34-40)62(43-30-32-47-46-24-9-13-28-53(46)61(54(47)36-43)51-26-11-7-22-44(51)45-23-8-12-27-52(45)61)42-31-33-56-49(35-42)50-37-57-59(48-25-10-14-29-55(48)63-57)58(60(50)64-56)39-18-5-2-6-19-39/h1-37H. The van der Waals surface area contributed by atoms with Crippen molar-refractivity contribution in [1.29, 1.82) is 0 Å². The Morgan fingerprint density at radius 2 is 0.859 bits per heavy atom. The Morgan fingerprint density at radius 1 is 0.312 bits per heavy atom. The Kier molecular flexibility index (Phi) is 7.32. The number of rotatable bonds is 5. The average Bonchev–Trinajstić information content (AvgIpc) is 4.09. The zero-order valence-electron chi connectivity index (χ0n) is 34.6. The molecule has 0 radical (unpaired) electrons. The minimum absolute atomic E-state index is 0.469. The fraction of sp³-hybridized carbons (Fsp3) is 0.0164. The molecule has 0 unspecified atom stereocenters. The van der Waals surface area contributed by atoms with Crippen LogP contribution in [0.25, 0.3) is 88.4 Å². The molecule has 64 heavy (non-hydrogen) atoms. The second kappa shape index (κ2) is 13.3. The van der Waals surface area contributed by atoms with Gasteiger partial charge in [0.05, 0.1) is 5.41 Å². The van der Waals surface area contributed by atoms with Crippen LogP contribution in [0.3, 0.4) is 0 Å². The van der Waals surface area contributed by atoms with Crippen molar-refractivity contribution in [3.8, 4) is 44.5 Å². The van der Waals surface area contributed by atoms with Crippen molar-refractivity contribution < 1.29 is 8.83 Å². The lowest BCUT2D eigenvalue weighted by Crippen LogP contribution is -2.26. The van der Waals surface area contributed by atoms with E-state index in [2.05, 4.69) is 217 Å². The van der Waals surface area contributed by atoms with E-state index in [1.165, 1.54) is 50.1 Å². The first kappa shape index (κ1) is 35.2. The van der Waals surface area contributed by atoms with E-state index in [9.17, 15) is 0 Å². The summed E-state index contributed by atoms with van der Waals surface area (Å²) in [6.07, 6.45) is 0. The van der Waals surface area contributed by atoms with E-state index in [1.807, 2.05) is 12.1 Å². The molecule has 10 aromatic carbocycles. The third-order valence-electron chi connectivity index (χ3n) is 13.9. The summed E-state index contributed by atoms with van der Waals surface area (Å²) in [5.74, 6) is 0. The van der Waals surface area contributed by atoms with Crippen molar-refractivity contribution >= 4 is 60.9 Å². The third-order valence-corrected chi connectivity index (χ3v) is 13.9. The van der Waals surface area contributed by atoms with Crippen LogP contribution in [0.15, 0.2) is 233 Å². The van der Waals surface area contributed by atoms with Gasteiger partial charge in [0.2, 0.25) is 0 Å². The number of hydrogen-bond acceptors (Lipinski definition) is 3. The van der Waals surface area contributed by atoms with Crippen LogP contribution in [0.4, 0.5) is 17.1 Å². The summed E-state index contributed by atoms with van der Waals surface area (Å²) in [5.41, 5.74) is 21.0. The minimum atomic E-state index is -0.469. The molecule has 0 amide bonds. The van der Waals surface area contributed by atoms with Crippen LogP contribution in [0, 0.1) is 0 Å². The summed E-state index contributed by atoms with van der Waals surface area (Å²) < 4.78 is 13.6. The van der Waals surface area contributed by atoms with Gasteiger partial charge in [-0.2, -0.15) is 0 Å². The Morgan fingerprint density at radius 3 is 1.58 bits per heavy atom.